The molecule has 0 radical (unpaired) electrons. The topological polar surface area (TPSA) is 58.6 Å². The zero-order valence-electron chi connectivity index (χ0n) is 10.8. The van der Waals surface area contributed by atoms with Crippen molar-refractivity contribution in [1.82, 2.24) is 5.32 Å². The van der Waals surface area contributed by atoms with E-state index >= 15 is 0 Å². The molecule has 1 aromatic rings. The number of hydrogen-bond acceptors (Lipinski definition) is 3. The van der Waals surface area contributed by atoms with Crippen molar-refractivity contribution >= 4 is 29.1 Å². The molecule has 19 heavy (non-hydrogen) atoms. The van der Waals surface area contributed by atoms with Gasteiger partial charge < -0.3 is 15.2 Å². The van der Waals surface area contributed by atoms with Crippen molar-refractivity contribution in [3.63, 3.8) is 0 Å². The minimum Gasteiger partial charge on any atom is -0.386 e. The van der Waals surface area contributed by atoms with Gasteiger partial charge in [0, 0.05) is 28.8 Å². The maximum absolute atomic E-state index is 11.6. The molecule has 0 bridgehead atoms. The molecule has 0 fully saturated rings. The minimum atomic E-state index is -0.959. The first-order valence-electron chi connectivity index (χ1n) is 5.98. The van der Waals surface area contributed by atoms with Gasteiger partial charge in [-0.25, -0.2) is 0 Å². The number of halogens is 2. The van der Waals surface area contributed by atoms with Crippen LogP contribution in [0.4, 0.5) is 0 Å². The molecular weight excluding hydrogens is 289 g/mol. The average molecular weight is 306 g/mol. The van der Waals surface area contributed by atoms with Crippen LogP contribution in [0, 0.1) is 0 Å². The number of amides is 1. The molecule has 1 rings (SSSR count). The molecule has 0 unspecified atom stereocenters. The molecular formula is C13H17Cl2NO3. The van der Waals surface area contributed by atoms with E-state index in [1.165, 1.54) is 0 Å². The smallest absolute Gasteiger partial charge is 0.248 e. The van der Waals surface area contributed by atoms with Gasteiger partial charge in [-0.05, 0) is 26.0 Å². The predicted octanol–water partition coefficient (Wildman–Crippen LogP) is 2.57. The fourth-order valence-electron chi connectivity index (χ4n) is 1.60. The highest BCUT2D eigenvalue weighted by Gasteiger charge is 2.18. The van der Waals surface area contributed by atoms with Crippen molar-refractivity contribution in [3.8, 4) is 0 Å². The SMILES string of the molecule is CCO[C@H](C)C(=O)NC[C@@H](O)c1c(Cl)cccc1Cl. The van der Waals surface area contributed by atoms with E-state index in [1.807, 2.05) is 6.92 Å². The fraction of sp³-hybridized carbons (Fsp3) is 0.462. The summed E-state index contributed by atoms with van der Waals surface area (Å²) in [5.41, 5.74) is 0.412. The standard InChI is InChI=1S/C13H17Cl2NO3/c1-3-19-8(2)13(18)16-7-11(17)12-9(14)5-4-6-10(12)15/h4-6,8,11,17H,3,7H2,1-2H3,(H,16,18)/t8-,11-/m1/s1. The van der Waals surface area contributed by atoms with Crippen LogP contribution in [0.3, 0.4) is 0 Å². The Bertz CT molecular complexity index is 420. The lowest BCUT2D eigenvalue weighted by atomic mass is 10.1. The molecule has 0 aromatic heterocycles. The first-order chi connectivity index (χ1) is 8.97. The monoisotopic (exact) mass is 305 g/mol. The van der Waals surface area contributed by atoms with Gasteiger partial charge in [-0.3, -0.25) is 4.79 Å². The third-order valence-corrected chi connectivity index (χ3v) is 3.25. The van der Waals surface area contributed by atoms with Crippen LogP contribution in [0.15, 0.2) is 18.2 Å². The Morgan fingerprint density at radius 3 is 2.53 bits per heavy atom. The van der Waals surface area contributed by atoms with Crippen molar-refractivity contribution < 1.29 is 14.6 Å². The van der Waals surface area contributed by atoms with E-state index in [1.54, 1.807) is 25.1 Å². The van der Waals surface area contributed by atoms with E-state index in [4.69, 9.17) is 27.9 Å². The molecule has 0 heterocycles. The Kier molecular flexibility index (Phi) is 6.58. The van der Waals surface area contributed by atoms with Crippen LogP contribution in [0.2, 0.25) is 10.0 Å². The Balaban J connectivity index is 2.61. The summed E-state index contributed by atoms with van der Waals surface area (Å²) in [5, 5.41) is 13.3. The summed E-state index contributed by atoms with van der Waals surface area (Å²) in [7, 11) is 0. The van der Waals surface area contributed by atoms with Gasteiger partial charge in [-0.15, -0.1) is 0 Å². The van der Waals surface area contributed by atoms with Gasteiger partial charge in [0.15, 0.2) is 0 Å². The van der Waals surface area contributed by atoms with Crippen LogP contribution in [-0.4, -0.2) is 30.3 Å². The van der Waals surface area contributed by atoms with Gasteiger partial charge in [0.05, 0.1) is 6.10 Å². The summed E-state index contributed by atoms with van der Waals surface area (Å²) in [6.07, 6.45) is -1.52. The summed E-state index contributed by atoms with van der Waals surface area (Å²) in [4.78, 5) is 11.6. The quantitative estimate of drug-likeness (QED) is 0.849. The van der Waals surface area contributed by atoms with Crippen LogP contribution in [0.1, 0.15) is 25.5 Å². The van der Waals surface area contributed by atoms with E-state index in [2.05, 4.69) is 5.32 Å². The predicted molar refractivity (Wildman–Crippen MR) is 75.5 cm³/mol. The number of nitrogens with one attached hydrogen (secondary N) is 1. The van der Waals surface area contributed by atoms with Crippen molar-refractivity contribution in [2.24, 2.45) is 0 Å². The van der Waals surface area contributed by atoms with E-state index in [0.717, 1.165) is 0 Å². The van der Waals surface area contributed by atoms with Crippen LogP contribution >= 0.6 is 23.2 Å². The summed E-state index contributed by atoms with van der Waals surface area (Å²) in [6, 6.07) is 4.96. The second-order valence-electron chi connectivity index (χ2n) is 3.99. The lowest BCUT2D eigenvalue weighted by Crippen LogP contribution is -2.37. The highest BCUT2D eigenvalue weighted by Crippen LogP contribution is 2.29. The van der Waals surface area contributed by atoms with Crippen LogP contribution in [0.25, 0.3) is 0 Å². The van der Waals surface area contributed by atoms with Crippen LogP contribution in [-0.2, 0) is 9.53 Å². The largest absolute Gasteiger partial charge is 0.386 e. The van der Waals surface area contributed by atoms with Crippen LogP contribution < -0.4 is 5.32 Å². The zero-order valence-corrected chi connectivity index (χ0v) is 12.3. The van der Waals surface area contributed by atoms with Gasteiger partial charge in [0.25, 0.3) is 0 Å². The number of aliphatic hydroxyl groups excluding tert-OH is 1. The number of benzene rings is 1. The zero-order chi connectivity index (χ0) is 14.4. The maximum atomic E-state index is 11.6. The first-order valence-corrected chi connectivity index (χ1v) is 6.74. The van der Waals surface area contributed by atoms with E-state index in [9.17, 15) is 9.90 Å². The molecule has 1 aromatic carbocycles. The molecule has 0 aliphatic carbocycles. The molecule has 0 spiro atoms. The number of carbonyl (C=O) groups is 1. The second-order valence-corrected chi connectivity index (χ2v) is 4.81. The number of hydrogen-bond donors (Lipinski definition) is 2. The van der Waals surface area contributed by atoms with Gasteiger partial charge in [-0.2, -0.15) is 0 Å². The Morgan fingerprint density at radius 1 is 1.42 bits per heavy atom. The van der Waals surface area contributed by atoms with Gasteiger partial charge in [-0.1, -0.05) is 29.3 Å². The molecule has 6 heteroatoms. The molecule has 106 valence electrons. The summed E-state index contributed by atoms with van der Waals surface area (Å²) < 4.78 is 5.14. The number of carbonyl (C=O) groups excluding carboxylic acids is 1. The molecule has 0 aliphatic heterocycles. The number of ether oxygens (including phenoxy) is 1. The van der Waals surface area contributed by atoms with Crippen molar-refractivity contribution in [2.45, 2.75) is 26.1 Å². The molecule has 0 saturated carbocycles. The molecule has 4 nitrogen and oxygen atoms in total. The van der Waals surface area contributed by atoms with Crippen molar-refractivity contribution in [1.29, 1.82) is 0 Å². The number of rotatable bonds is 6. The fourth-order valence-corrected chi connectivity index (χ4v) is 2.25. The Morgan fingerprint density at radius 2 is 2.00 bits per heavy atom. The molecule has 0 saturated heterocycles. The van der Waals surface area contributed by atoms with Gasteiger partial charge in [0.2, 0.25) is 5.91 Å². The first kappa shape index (κ1) is 16.2. The third kappa shape index (κ3) is 4.66. The highest BCUT2D eigenvalue weighted by molar-refractivity contribution is 6.36. The van der Waals surface area contributed by atoms with E-state index < -0.39 is 12.2 Å². The second kappa shape index (κ2) is 7.70. The average Bonchev–Trinajstić information content (AvgIpc) is 2.36. The minimum absolute atomic E-state index is 0.0275. The highest BCUT2D eigenvalue weighted by atomic mass is 35.5. The third-order valence-electron chi connectivity index (χ3n) is 2.59. The molecule has 0 aliphatic rings. The summed E-state index contributed by atoms with van der Waals surface area (Å²) >= 11 is 11.9. The maximum Gasteiger partial charge on any atom is 0.248 e. The number of aliphatic hydroxyl groups is 1. The van der Waals surface area contributed by atoms with Gasteiger partial charge >= 0.3 is 0 Å². The Labute approximate surface area is 122 Å². The summed E-state index contributed by atoms with van der Waals surface area (Å²) in [6.45, 7) is 3.93. The van der Waals surface area contributed by atoms with E-state index in [-0.39, 0.29) is 12.5 Å². The Hall–Kier alpha value is -0.810. The van der Waals surface area contributed by atoms with Crippen molar-refractivity contribution in [3.05, 3.63) is 33.8 Å². The lowest BCUT2D eigenvalue weighted by molar-refractivity contribution is -0.131. The molecule has 2 atom stereocenters. The normalized spacial score (nSPS) is 13.9. The van der Waals surface area contributed by atoms with Crippen molar-refractivity contribution in [2.75, 3.05) is 13.2 Å². The molecule has 2 N–H and O–H groups in total. The lowest BCUT2D eigenvalue weighted by Gasteiger charge is -2.17. The van der Waals surface area contributed by atoms with Crippen LogP contribution in [0.5, 0.6) is 0 Å². The van der Waals surface area contributed by atoms with Gasteiger partial charge in [0.1, 0.15) is 6.10 Å². The van der Waals surface area contributed by atoms with E-state index in [0.29, 0.717) is 22.2 Å². The summed E-state index contributed by atoms with van der Waals surface area (Å²) in [5.74, 6) is -0.288. The molecule has 1 amide bonds.